The van der Waals surface area contributed by atoms with Gasteiger partial charge < -0.3 is 11.1 Å². The molecule has 0 bridgehead atoms. The van der Waals surface area contributed by atoms with Crippen molar-refractivity contribution in [3.63, 3.8) is 0 Å². The second-order valence-corrected chi connectivity index (χ2v) is 5.46. The van der Waals surface area contributed by atoms with E-state index in [0.29, 0.717) is 11.4 Å². The smallest absolute Gasteiger partial charge is 0.221 e. The first-order valence-electron chi connectivity index (χ1n) is 5.98. The number of carbonyl (C=O) groups is 1. The normalized spacial score (nSPS) is 11.1. The Balaban J connectivity index is 2.47. The van der Waals surface area contributed by atoms with Crippen LogP contribution in [0.15, 0.2) is 24.3 Å². The number of benzene rings is 1. The Bertz CT molecular complexity index is 438. The number of carbonyl (C=O) groups excluding carboxylic acids is 1. The van der Waals surface area contributed by atoms with Gasteiger partial charge in [0.25, 0.3) is 0 Å². The van der Waals surface area contributed by atoms with Crippen LogP contribution in [0.25, 0.3) is 0 Å². The third kappa shape index (κ3) is 4.45. The van der Waals surface area contributed by atoms with E-state index in [9.17, 15) is 4.79 Å². The van der Waals surface area contributed by atoms with Crippen molar-refractivity contribution in [1.82, 2.24) is 5.32 Å². The predicted molar refractivity (Wildman–Crippen MR) is 78.5 cm³/mol. The van der Waals surface area contributed by atoms with E-state index < -0.39 is 5.54 Å². The van der Waals surface area contributed by atoms with Gasteiger partial charge in [0.05, 0.1) is 10.5 Å². The molecule has 3 nitrogen and oxygen atoms in total. The highest BCUT2D eigenvalue weighted by molar-refractivity contribution is 7.80. The molecule has 0 saturated heterocycles. The third-order valence-electron chi connectivity index (χ3n) is 2.83. The van der Waals surface area contributed by atoms with Crippen molar-refractivity contribution in [2.45, 2.75) is 39.2 Å². The van der Waals surface area contributed by atoms with Crippen LogP contribution in [0.3, 0.4) is 0 Å². The van der Waals surface area contributed by atoms with Gasteiger partial charge in [-0.25, -0.2) is 0 Å². The molecular weight excluding hydrogens is 244 g/mol. The minimum absolute atomic E-state index is 0.0339. The molecular formula is C14H20N2OS. The average molecular weight is 264 g/mol. The van der Waals surface area contributed by atoms with E-state index >= 15 is 0 Å². The molecule has 98 valence electrons. The molecule has 0 aliphatic heterocycles. The molecule has 0 aliphatic rings. The lowest BCUT2D eigenvalue weighted by atomic mass is 10.0. The standard InChI is InChI=1S/C14H20N2OS/c1-10-4-6-11(7-5-10)8-9-12(17)16-14(2,3)13(15)18/h4-7H,8-9H2,1-3H3,(H2,15,18)(H,16,17). The van der Waals surface area contributed by atoms with Crippen molar-refractivity contribution < 1.29 is 4.79 Å². The van der Waals surface area contributed by atoms with E-state index in [0.717, 1.165) is 12.0 Å². The molecule has 0 radical (unpaired) electrons. The Morgan fingerprint density at radius 2 is 1.89 bits per heavy atom. The molecule has 3 N–H and O–H groups in total. The van der Waals surface area contributed by atoms with Gasteiger partial charge >= 0.3 is 0 Å². The van der Waals surface area contributed by atoms with Gasteiger partial charge in [-0.1, -0.05) is 42.0 Å². The minimum Gasteiger partial charge on any atom is -0.391 e. The molecule has 4 heteroatoms. The summed E-state index contributed by atoms with van der Waals surface area (Å²) in [6.45, 7) is 5.65. The molecule has 1 aromatic carbocycles. The maximum atomic E-state index is 11.8. The molecule has 0 heterocycles. The average Bonchev–Trinajstić information content (AvgIpc) is 2.27. The second kappa shape index (κ2) is 5.96. The first-order chi connectivity index (χ1) is 8.31. The summed E-state index contributed by atoms with van der Waals surface area (Å²) in [5.41, 5.74) is 7.31. The molecule has 18 heavy (non-hydrogen) atoms. The summed E-state index contributed by atoms with van der Waals surface area (Å²) >= 11 is 4.91. The predicted octanol–water partition coefficient (Wildman–Crippen LogP) is 2.11. The van der Waals surface area contributed by atoms with E-state index in [-0.39, 0.29) is 5.91 Å². The fraction of sp³-hybridized carbons (Fsp3) is 0.429. The SMILES string of the molecule is Cc1ccc(CCC(=O)NC(C)(C)C(N)=S)cc1. The maximum absolute atomic E-state index is 11.8. The summed E-state index contributed by atoms with van der Waals surface area (Å²) < 4.78 is 0. The van der Waals surface area contributed by atoms with Gasteiger partial charge in [0.2, 0.25) is 5.91 Å². The first-order valence-corrected chi connectivity index (χ1v) is 6.38. The van der Waals surface area contributed by atoms with Crippen LogP contribution in [0, 0.1) is 6.92 Å². The third-order valence-corrected chi connectivity index (χ3v) is 3.34. The molecule has 0 spiro atoms. The number of aryl methyl sites for hydroxylation is 2. The Labute approximate surface area is 114 Å². The molecule has 1 aromatic rings. The molecule has 0 aliphatic carbocycles. The molecule has 0 atom stereocenters. The van der Waals surface area contributed by atoms with Crippen molar-refractivity contribution in [3.05, 3.63) is 35.4 Å². The number of nitrogens with two attached hydrogens (primary N) is 1. The van der Waals surface area contributed by atoms with Crippen molar-refractivity contribution in [2.75, 3.05) is 0 Å². The molecule has 0 saturated carbocycles. The Morgan fingerprint density at radius 1 is 1.33 bits per heavy atom. The summed E-state index contributed by atoms with van der Waals surface area (Å²) in [5, 5.41) is 2.83. The van der Waals surface area contributed by atoms with Crippen molar-refractivity contribution >= 4 is 23.1 Å². The Morgan fingerprint density at radius 3 is 2.39 bits per heavy atom. The Kier molecular flexibility index (Phi) is 4.84. The van der Waals surface area contributed by atoms with Gasteiger partial charge in [0.15, 0.2) is 0 Å². The summed E-state index contributed by atoms with van der Waals surface area (Å²) in [4.78, 5) is 12.1. The van der Waals surface area contributed by atoms with Gasteiger partial charge in [-0.05, 0) is 32.8 Å². The lowest BCUT2D eigenvalue weighted by molar-refractivity contribution is -0.122. The number of hydrogen-bond donors (Lipinski definition) is 2. The highest BCUT2D eigenvalue weighted by Crippen LogP contribution is 2.07. The van der Waals surface area contributed by atoms with E-state index in [4.69, 9.17) is 18.0 Å². The van der Waals surface area contributed by atoms with E-state index in [2.05, 4.69) is 5.32 Å². The molecule has 0 fully saturated rings. The van der Waals surface area contributed by atoms with Crippen LogP contribution in [0.2, 0.25) is 0 Å². The number of nitrogens with one attached hydrogen (secondary N) is 1. The zero-order valence-electron chi connectivity index (χ0n) is 11.1. The number of hydrogen-bond acceptors (Lipinski definition) is 2. The zero-order valence-corrected chi connectivity index (χ0v) is 11.9. The summed E-state index contributed by atoms with van der Waals surface area (Å²) in [5.74, 6) is -0.0339. The lowest BCUT2D eigenvalue weighted by Gasteiger charge is -2.24. The highest BCUT2D eigenvalue weighted by Gasteiger charge is 2.23. The van der Waals surface area contributed by atoms with Crippen LogP contribution in [0.4, 0.5) is 0 Å². The summed E-state index contributed by atoms with van der Waals surface area (Å²) in [6.07, 6.45) is 1.16. The van der Waals surface area contributed by atoms with Gasteiger partial charge in [-0.3, -0.25) is 4.79 Å². The quantitative estimate of drug-likeness (QED) is 0.801. The zero-order chi connectivity index (χ0) is 13.8. The highest BCUT2D eigenvalue weighted by atomic mass is 32.1. The number of thiocarbonyl (C=S) groups is 1. The number of rotatable bonds is 5. The van der Waals surface area contributed by atoms with Crippen LogP contribution >= 0.6 is 12.2 Å². The van der Waals surface area contributed by atoms with Gasteiger partial charge in [0, 0.05) is 6.42 Å². The van der Waals surface area contributed by atoms with Crippen LogP contribution in [0.1, 0.15) is 31.4 Å². The van der Waals surface area contributed by atoms with E-state index in [1.165, 1.54) is 5.56 Å². The van der Waals surface area contributed by atoms with Gasteiger partial charge in [0.1, 0.15) is 0 Å². The second-order valence-electron chi connectivity index (χ2n) is 5.02. The Hall–Kier alpha value is -1.42. The van der Waals surface area contributed by atoms with Crippen molar-refractivity contribution in [2.24, 2.45) is 5.73 Å². The van der Waals surface area contributed by atoms with Crippen LogP contribution < -0.4 is 11.1 Å². The minimum atomic E-state index is -0.625. The molecule has 1 amide bonds. The van der Waals surface area contributed by atoms with Crippen LogP contribution in [-0.2, 0) is 11.2 Å². The molecule has 0 aromatic heterocycles. The summed E-state index contributed by atoms with van der Waals surface area (Å²) in [7, 11) is 0. The van der Waals surface area contributed by atoms with Crippen molar-refractivity contribution in [3.8, 4) is 0 Å². The van der Waals surface area contributed by atoms with E-state index in [1.807, 2.05) is 31.2 Å². The molecule has 1 rings (SSSR count). The topological polar surface area (TPSA) is 55.1 Å². The summed E-state index contributed by atoms with van der Waals surface area (Å²) in [6, 6.07) is 8.18. The monoisotopic (exact) mass is 264 g/mol. The number of amides is 1. The molecule has 0 unspecified atom stereocenters. The van der Waals surface area contributed by atoms with Gasteiger partial charge in [-0.2, -0.15) is 0 Å². The first kappa shape index (κ1) is 14.6. The van der Waals surface area contributed by atoms with Crippen LogP contribution in [0.5, 0.6) is 0 Å². The van der Waals surface area contributed by atoms with E-state index in [1.54, 1.807) is 13.8 Å². The van der Waals surface area contributed by atoms with Crippen molar-refractivity contribution in [1.29, 1.82) is 0 Å². The maximum Gasteiger partial charge on any atom is 0.221 e. The fourth-order valence-corrected chi connectivity index (χ4v) is 1.54. The largest absolute Gasteiger partial charge is 0.391 e. The lowest BCUT2D eigenvalue weighted by Crippen LogP contribution is -2.52. The van der Waals surface area contributed by atoms with Crippen LogP contribution in [-0.4, -0.2) is 16.4 Å². The van der Waals surface area contributed by atoms with Gasteiger partial charge in [-0.15, -0.1) is 0 Å². The fourth-order valence-electron chi connectivity index (χ4n) is 1.49.